The molecule has 0 heterocycles. The monoisotopic (exact) mass is 315 g/mol. The third-order valence-corrected chi connectivity index (χ3v) is 5.73. The van der Waals surface area contributed by atoms with E-state index in [1.54, 1.807) is 0 Å². The predicted octanol–water partition coefficient (Wildman–Crippen LogP) is 3.63. The van der Waals surface area contributed by atoms with Crippen molar-refractivity contribution in [3.8, 4) is 0 Å². The average Bonchev–Trinajstić information content (AvgIpc) is 3.44. The Labute approximate surface area is 139 Å². The van der Waals surface area contributed by atoms with Crippen molar-refractivity contribution in [2.75, 3.05) is 13.2 Å². The van der Waals surface area contributed by atoms with Gasteiger partial charge in [0.2, 0.25) is 5.91 Å². The van der Waals surface area contributed by atoms with Crippen LogP contribution in [-0.4, -0.2) is 24.2 Å². The second-order valence-electron chi connectivity index (χ2n) is 7.55. The molecule has 0 spiro atoms. The van der Waals surface area contributed by atoms with Gasteiger partial charge in [0.1, 0.15) is 0 Å². The molecule has 126 valence electrons. The summed E-state index contributed by atoms with van der Waals surface area (Å²) < 4.78 is 0. The Kier molecular flexibility index (Phi) is 5.37. The van der Waals surface area contributed by atoms with E-state index in [-0.39, 0.29) is 17.9 Å². The molecular formula is C20H29NO2. The quantitative estimate of drug-likeness (QED) is 0.807. The van der Waals surface area contributed by atoms with E-state index in [9.17, 15) is 9.90 Å². The summed E-state index contributed by atoms with van der Waals surface area (Å²) in [6, 6.07) is 10.4. The van der Waals surface area contributed by atoms with E-state index in [4.69, 9.17) is 0 Å². The van der Waals surface area contributed by atoms with Crippen LogP contribution >= 0.6 is 0 Å². The van der Waals surface area contributed by atoms with Crippen molar-refractivity contribution in [1.82, 2.24) is 5.32 Å². The molecule has 1 aromatic rings. The normalized spacial score (nSPS) is 21.6. The molecule has 3 nitrogen and oxygen atoms in total. The molecule has 1 atom stereocenters. The van der Waals surface area contributed by atoms with Crippen molar-refractivity contribution in [1.29, 1.82) is 0 Å². The first-order valence-electron chi connectivity index (χ1n) is 9.15. The predicted molar refractivity (Wildman–Crippen MR) is 92.1 cm³/mol. The number of hydrogen-bond acceptors (Lipinski definition) is 2. The van der Waals surface area contributed by atoms with Crippen LogP contribution in [0, 0.1) is 11.3 Å². The van der Waals surface area contributed by atoms with Crippen molar-refractivity contribution >= 4 is 5.91 Å². The van der Waals surface area contributed by atoms with Gasteiger partial charge in [-0.3, -0.25) is 4.79 Å². The zero-order valence-corrected chi connectivity index (χ0v) is 14.0. The Morgan fingerprint density at radius 3 is 2.48 bits per heavy atom. The Morgan fingerprint density at radius 2 is 1.87 bits per heavy atom. The van der Waals surface area contributed by atoms with E-state index in [2.05, 4.69) is 29.6 Å². The molecule has 2 fully saturated rings. The van der Waals surface area contributed by atoms with Crippen LogP contribution in [0.2, 0.25) is 0 Å². The Balaban J connectivity index is 1.55. The summed E-state index contributed by atoms with van der Waals surface area (Å²) in [4.78, 5) is 12.5. The van der Waals surface area contributed by atoms with Gasteiger partial charge in [-0.25, -0.2) is 0 Å². The highest BCUT2D eigenvalue weighted by Crippen LogP contribution is 2.44. The van der Waals surface area contributed by atoms with E-state index < -0.39 is 0 Å². The van der Waals surface area contributed by atoms with Gasteiger partial charge in [0.05, 0.1) is 6.61 Å². The van der Waals surface area contributed by atoms with Crippen molar-refractivity contribution in [2.45, 2.75) is 57.3 Å². The van der Waals surface area contributed by atoms with E-state index in [1.165, 1.54) is 37.7 Å². The van der Waals surface area contributed by atoms with Crippen LogP contribution in [0.3, 0.4) is 0 Å². The number of carbonyl (C=O) groups is 1. The minimum atomic E-state index is -0.0737. The smallest absolute Gasteiger partial charge is 0.220 e. The van der Waals surface area contributed by atoms with Crippen LogP contribution in [0.15, 0.2) is 30.3 Å². The minimum Gasteiger partial charge on any atom is -0.396 e. The van der Waals surface area contributed by atoms with Crippen LogP contribution in [0.4, 0.5) is 0 Å². The van der Waals surface area contributed by atoms with Gasteiger partial charge >= 0.3 is 0 Å². The van der Waals surface area contributed by atoms with Gasteiger partial charge in [-0.1, -0.05) is 49.6 Å². The maximum atomic E-state index is 12.5. The number of amides is 1. The van der Waals surface area contributed by atoms with E-state index in [0.29, 0.717) is 24.8 Å². The fraction of sp³-hybridized carbons (Fsp3) is 0.650. The lowest BCUT2D eigenvalue weighted by atomic mass is 9.74. The van der Waals surface area contributed by atoms with Gasteiger partial charge in [0.15, 0.2) is 0 Å². The zero-order chi connectivity index (χ0) is 16.1. The molecule has 0 aromatic heterocycles. The van der Waals surface area contributed by atoms with Gasteiger partial charge in [-0.2, -0.15) is 0 Å². The molecule has 3 heteroatoms. The molecule has 0 aliphatic heterocycles. The van der Waals surface area contributed by atoms with Gasteiger partial charge < -0.3 is 10.4 Å². The van der Waals surface area contributed by atoms with E-state index >= 15 is 0 Å². The summed E-state index contributed by atoms with van der Waals surface area (Å²) >= 11 is 0. The molecule has 2 aliphatic rings. The first-order valence-corrected chi connectivity index (χ1v) is 9.15. The Bertz CT molecular complexity index is 504. The van der Waals surface area contributed by atoms with E-state index in [0.717, 1.165) is 12.8 Å². The third-order valence-electron chi connectivity index (χ3n) is 5.73. The molecule has 2 N–H and O–H groups in total. The van der Waals surface area contributed by atoms with Gasteiger partial charge in [0.25, 0.3) is 0 Å². The highest BCUT2D eigenvalue weighted by Gasteiger charge is 2.35. The summed E-state index contributed by atoms with van der Waals surface area (Å²) in [5, 5.41) is 12.9. The molecule has 2 saturated carbocycles. The number of carbonyl (C=O) groups excluding carboxylic acids is 1. The largest absolute Gasteiger partial charge is 0.396 e. The number of hydrogen-bond donors (Lipinski definition) is 2. The van der Waals surface area contributed by atoms with Crippen LogP contribution in [0.25, 0.3) is 0 Å². The number of nitrogens with one attached hydrogen (secondary N) is 1. The van der Waals surface area contributed by atoms with Crippen LogP contribution in [0.1, 0.15) is 62.8 Å². The fourth-order valence-electron chi connectivity index (χ4n) is 4.01. The second-order valence-corrected chi connectivity index (χ2v) is 7.55. The summed E-state index contributed by atoms with van der Waals surface area (Å²) in [6.07, 6.45) is 8.74. The summed E-state index contributed by atoms with van der Waals surface area (Å²) in [5.41, 5.74) is 1.22. The summed E-state index contributed by atoms with van der Waals surface area (Å²) in [6.45, 7) is 0.826. The summed E-state index contributed by atoms with van der Waals surface area (Å²) in [7, 11) is 0. The zero-order valence-electron chi connectivity index (χ0n) is 14.0. The molecule has 1 amide bonds. The summed E-state index contributed by atoms with van der Waals surface area (Å²) in [5.74, 6) is 1.17. The first kappa shape index (κ1) is 16.5. The lowest BCUT2D eigenvalue weighted by Gasteiger charge is -2.35. The Morgan fingerprint density at radius 1 is 1.17 bits per heavy atom. The van der Waals surface area contributed by atoms with Crippen LogP contribution < -0.4 is 5.32 Å². The van der Waals surface area contributed by atoms with Crippen molar-refractivity contribution in [2.24, 2.45) is 11.3 Å². The van der Waals surface area contributed by atoms with Crippen LogP contribution in [0.5, 0.6) is 0 Å². The van der Waals surface area contributed by atoms with Crippen molar-refractivity contribution in [3.05, 3.63) is 35.9 Å². The molecule has 0 radical (unpaired) electrons. The van der Waals surface area contributed by atoms with Crippen LogP contribution in [-0.2, 0) is 4.79 Å². The third kappa shape index (κ3) is 4.35. The minimum absolute atomic E-state index is 0.0737. The molecule has 1 unspecified atom stereocenters. The van der Waals surface area contributed by atoms with E-state index in [1.807, 2.05) is 6.07 Å². The topological polar surface area (TPSA) is 49.3 Å². The first-order chi connectivity index (χ1) is 11.2. The maximum absolute atomic E-state index is 12.5. The maximum Gasteiger partial charge on any atom is 0.220 e. The SMILES string of the molecule is O=C(CC(c1ccccc1)C1CC1)NCC1(CO)CCCCC1. The van der Waals surface area contributed by atoms with Crippen molar-refractivity contribution < 1.29 is 9.90 Å². The number of aliphatic hydroxyl groups is 1. The highest BCUT2D eigenvalue weighted by atomic mass is 16.3. The molecule has 0 saturated heterocycles. The molecule has 0 bridgehead atoms. The molecule has 2 aliphatic carbocycles. The Hall–Kier alpha value is -1.35. The van der Waals surface area contributed by atoms with Gasteiger partial charge in [-0.05, 0) is 43.1 Å². The molecule has 3 rings (SSSR count). The van der Waals surface area contributed by atoms with Crippen molar-refractivity contribution in [3.63, 3.8) is 0 Å². The molecule has 23 heavy (non-hydrogen) atoms. The number of rotatable bonds is 7. The number of benzene rings is 1. The molecule has 1 aromatic carbocycles. The number of aliphatic hydroxyl groups excluding tert-OH is 1. The molecular weight excluding hydrogens is 286 g/mol. The average molecular weight is 315 g/mol. The second kappa shape index (κ2) is 7.48. The lowest BCUT2D eigenvalue weighted by molar-refractivity contribution is -0.122. The highest BCUT2D eigenvalue weighted by molar-refractivity contribution is 5.77. The van der Waals surface area contributed by atoms with Gasteiger partial charge in [0, 0.05) is 18.4 Å². The lowest BCUT2D eigenvalue weighted by Crippen LogP contribution is -2.41. The van der Waals surface area contributed by atoms with Gasteiger partial charge in [-0.15, -0.1) is 0 Å². The standard InChI is InChI=1S/C20H29NO2/c22-15-20(11-5-2-6-12-20)14-21-19(23)13-18(17-9-10-17)16-7-3-1-4-8-16/h1,3-4,7-8,17-18,22H,2,5-6,9-15H2,(H,21,23). The fourth-order valence-corrected chi connectivity index (χ4v) is 4.01.